The van der Waals surface area contributed by atoms with Crippen LogP contribution in [0.3, 0.4) is 0 Å². The minimum absolute atomic E-state index is 0.146. The lowest BCUT2D eigenvalue weighted by molar-refractivity contribution is 0.0721. The molecule has 0 unspecified atom stereocenters. The third-order valence-electron chi connectivity index (χ3n) is 4.04. The number of hydrogen-bond acceptors (Lipinski definition) is 4. The van der Waals surface area contributed by atoms with Crippen LogP contribution in [0.2, 0.25) is 0 Å². The number of nitrogens with zero attached hydrogens (tertiary/aromatic N) is 3. The summed E-state index contributed by atoms with van der Waals surface area (Å²) in [6.45, 7) is 19.7. The van der Waals surface area contributed by atoms with E-state index in [1.54, 1.807) is 0 Å². The van der Waals surface area contributed by atoms with E-state index in [2.05, 4.69) is 37.5 Å². The van der Waals surface area contributed by atoms with Crippen LogP contribution in [0, 0.1) is 11.8 Å². The van der Waals surface area contributed by atoms with Crippen molar-refractivity contribution in [3.63, 3.8) is 0 Å². The Morgan fingerprint density at radius 3 is 2.09 bits per heavy atom. The molecular formula is C18H37N3O2. The fourth-order valence-electron chi connectivity index (χ4n) is 3.01. The number of hydrogen-bond donors (Lipinski definition) is 0. The second-order valence-electron chi connectivity index (χ2n) is 7.49. The van der Waals surface area contributed by atoms with Crippen LogP contribution in [0.15, 0.2) is 0 Å². The fourth-order valence-corrected chi connectivity index (χ4v) is 3.01. The van der Waals surface area contributed by atoms with Crippen LogP contribution >= 0.6 is 0 Å². The fraction of sp³-hybridized carbons (Fsp3) is 0.944. The predicted molar refractivity (Wildman–Crippen MR) is 95.8 cm³/mol. The highest BCUT2D eigenvalue weighted by Crippen LogP contribution is 2.07. The standard InChI is InChI=1S/C18H37N3O2/c1-6-13-23-18(22)21-11-9-19(10-12-21)7-8-20(14-16(2)3)15-17(4)5/h16-17H,6-15H2,1-5H3. The van der Waals surface area contributed by atoms with E-state index in [0.717, 1.165) is 45.7 Å². The van der Waals surface area contributed by atoms with Gasteiger partial charge in [0.2, 0.25) is 0 Å². The average Bonchev–Trinajstić information content (AvgIpc) is 2.49. The molecule has 0 bridgehead atoms. The van der Waals surface area contributed by atoms with Crippen LogP contribution < -0.4 is 0 Å². The van der Waals surface area contributed by atoms with Crippen LogP contribution in [-0.4, -0.2) is 79.8 Å². The summed E-state index contributed by atoms with van der Waals surface area (Å²) in [6, 6.07) is 0. The van der Waals surface area contributed by atoms with Crippen molar-refractivity contribution < 1.29 is 9.53 Å². The first kappa shape index (κ1) is 20.2. The molecule has 0 atom stereocenters. The van der Waals surface area contributed by atoms with Crippen LogP contribution in [0.1, 0.15) is 41.0 Å². The number of piperazine rings is 1. The highest BCUT2D eigenvalue weighted by atomic mass is 16.6. The van der Waals surface area contributed by atoms with Crippen molar-refractivity contribution >= 4 is 6.09 Å². The lowest BCUT2D eigenvalue weighted by Crippen LogP contribution is -2.50. The second-order valence-corrected chi connectivity index (χ2v) is 7.49. The van der Waals surface area contributed by atoms with Gasteiger partial charge in [0.05, 0.1) is 6.61 Å². The van der Waals surface area contributed by atoms with Gasteiger partial charge < -0.3 is 14.5 Å². The molecule has 1 rings (SSSR count). The molecule has 0 N–H and O–H groups in total. The maximum atomic E-state index is 11.8. The van der Waals surface area contributed by atoms with Crippen molar-refractivity contribution in [1.82, 2.24) is 14.7 Å². The number of rotatable bonds is 9. The van der Waals surface area contributed by atoms with Crippen molar-refractivity contribution in [3.8, 4) is 0 Å². The molecule has 0 aromatic rings. The van der Waals surface area contributed by atoms with E-state index < -0.39 is 0 Å². The molecule has 1 heterocycles. The van der Waals surface area contributed by atoms with E-state index in [4.69, 9.17) is 4.74 Å². The van der Waals surface area contributed by atoms with Gasteiger partial charge in [0, 0.05) is 52.4 Å². The molecule has 5 nitrogen and oxygen atoms in total. The zero-order chi connectivity index (χ0) is 17.2. The average molecular weight is 328 g/mol. The summed E-state index contributed by atoms with van der Waals surface area (Å²) in [5.74, 6) is 1.41. The van der Waals surface area contributed by atoms with Gasteiger partial charge in [-0.25, -0.2) is 4.79 Å². The minimum Gasteiger partial charge on any atom is -0.449 e. The SMILES string of the molecule is CCCOC(=O)N1CCN(CCN(CC(C)C)CC(C)C)CC1. The van der Waals surface area contributed by atoms with Gasteiger partial charge in [-0.2, -0.15) is 0 Å². The molecule has 0 aromatic carbocycles. The molecule has 1 aliphatic heterocycles. The van der Waals surface area contributed by atoms with E-state index in [-0.39, 0.29) is 6.09 Å². The zero-order valence-electron chi connectivity index (χ0n) is 15.9. The van der Waals surface area contributed by atoms with Crippen molar-refractivity contribution in [2.45, 2.75) is 41.0 Å². The van der Waals surface area contributed by atoms with Gasteiger partial charge in [0.25, 0.3) is 0 Å². The van der Waals surface area contributed by atoms with Crippen LogP contribution in [0.5, 0.6) is 0 Å². The second kappa shape index (κ2) is 10.9. The Balaban J connectivity index is 2.29. The monoisotopic (exact) mass is 327 g/mol. The molecule has 1 fully saturated rings. The summed E-state index contributed by atoms with van der Waals surface area (Å²) < 4.78 is 5.21. The summed E-state index contributed by atoms with van der Waals surface area (Å²) in [6.07, 6.45) is 0.737. The number of carbonyl (C=O) groups is 1. The Labute approximate surface area is 142 Å². The predicted octanol–water partition coefficient (Wildman–Crippen LogP) is 2.76. The van der Waals surface area contributed by atoms with E-state index in [0.29, 0.717) is 18.4 Å². The van der Waals surface area contributed by atoms with Gasteiger partial charge in [-0.15, -0.1) is 0 Å². The topological polar surface area (TPSA) is 36.0 Å². The molecule has 23 heavy (non-hydrogen) atoms. The van der Waals surface area contributed by atoms with Crippen LogP contribution in [0.25, 0.3) is 0 Å². The lowest BCUT2D eigenvalue weighted by atomic mass is 10.1. The number of ether oxygens (including phenoxy) is 1. The highest BCUT2D eigenvalue weighted by Gasteiger charge is 2.22. The summed E-state index contributed by atoms with van der Waals surface area (Å²) >= 11 is 0. The van der Waals surface area contributed by atoms with Crippen molar-refractivity contribution in [2.24, 2.45) is 11.8 Å². The molecule has 0 radical (unpaired) electrons. The molecule has 1 saturated heterocycles. The highest BCUT2D eigenvalue weighted by molar-refractivity contribution is 5.67. The van der Waals surface area contributed by atoms with Gasteiger partial charge in [-0.3, -0.25) is 4.90 Å². The summed E-state index contributed by atoms with van der Waals surface area (Å²) in [5, 5.41) is 0. The molecule has 0 spiro atoms. The van der Waals surface area contributed by atoms with E-state index in [1.807, 2.05) is 11.8 Å². The van der Waals surface area contributed by atoms with Crippen molar-refractivity contribution in [1.29, 1.82) is 0 Å². The first-order chi connectivity index (χ1) is 10.9. The van der Waals surface area contributed by atoms with Crippen molar-refractivity contribution in [2.75, 3.05) is 59.0 Å². The Morgan fingerprint density at radius 1 is 1.04 bits per heavy atom. The maximum Gasteiger partial charge on any atom is 0.409 e. The molecule has 1 amide bonds. The van der Waals surface area contributed by atoms with E-state index >= 15 is 0 Å². The van der Waals surface area contributed by atoms with Gasteiger partial charge in [0.1, 0.15) is 0 Å². The number of carbonyl (C=O) groups excluding carboxylic acids is 1. The smallest absolute Gasteiger partial charge is 0.409 e. The molecule has 5 heteroatoms. The summed E-state index contributed by atoms with van der Waals surface area (Å²) in [4.78, 5) is 18.7. The Bertz CT molecular complexity index is 316. The summed E-state index contributed by atoms with van der Waals surface area (Å²) in [5.41, 5.74) is 0. The van der Waals surface area contributed by atoms with Crippen molar-refractivity contribution in [3.05, 3.63) is 0 Å². The van der Waals surface area contributed by atoms with Crippen LogP contribution in [0.4, 0.5) is 4.79 Å². The lowest BCUT2D eigenvalue weighted by Gasteiger charge is -2.35. The maximum absolute atomic E-state index is 11.8. The largest absolute Gasteiger partial charge is 0.449 e. The van der Waals surface area contributed by atoms with E-state index in [9.17, 15) is 4.79 Å². The normalized spacial score (nSPS) is 16.6. The summed E-state index contributed by atoms with van der Waals surface area (Å²) in [7, 11) is 0. The Morgan fingerprint density at radius 2 is 1.61 bits per heavy atom. The van der Waals surface area contributed by atoms with Crippen LogP contribution in [-0.2, 0) is 4.74 Å². The molecule has 136 valence electrons. The third kappa shape index (κ3) is 8.56. The first-order valence-electron chi connectivity index (χ1n) is 9.28. The van der Waals surface area contributed by atoms with Gasteiger partial charge >= 0.3 is 6.09 Å². The van der Waals surface area contributed by atoms with Gasteiger partial charge in [0.15, 0.2) is 0 Å². The molecule has 0 saturated carbocycles. The third-order valence-corrected chi connectivity index (χ3v) is 4.04. The molecule has 0 aromatic heterocycles. The minimum atomic E-state index is -0.146. The molecule has 1 aliphatic rings. The first-order valence-corrected chi connectivity index (χ1v) is 9.28. The zero-order valence-corrected chi connectivity index (χ0v) is 15.9. The van der Waals surface area contributed by atoms with Gasteiger partial charge in [-0.1, -0.05) is 34.6 Å². The molecule has 0 aliphatic carbocycles. The van der Waals surface area contributed by atoms with E-state index in [1.165, 1.54) is 13.1 Å². The molecular weight excluding hydrogens is 290 g/mol. The Hall–Kier alpha value is -0.810. The number of amides is 1. The Kier molecular flexibility index (Phi) is 9.56. The quantitative estimate of drug-likeness (QED) is 0.652. The van der Waals surface area contributed by atoms with Gasteiger partial charge in [-0.05, 0) is 18.3 Å².